The molecule has 0 saturated carbocycles. The summed E-state index contributed by atoms with van der Waals surface area (Å²) in [7, 11) is 0. The Labute approximate surface area is 212 Å². The van der Waals surface area contributed by atoms with Crippen LogP contribution in [0.25, 0.3) is 10.8 Å². The lowest BCUT2D eigenvalue weighted by Gasteiger charge is -2.45. The predicted molar refractivity (Wildman–Crippen MR) is 153 cm³/mol. The molecule has 1 N–H and O–H groups in total. The minimum absolute atomic E-state index is 0.370. The molecular weight excluding hydrogens is 436 g/mol. The van der Waals surface area contributed by atoms with E-state index in [4.69, 9.17) is 0 Å². The number of fused-ring (bicyclic) bond motifs is 1. The summed E-state index contributed by atoms with van der Waals surface area (Å²) in [6.07, 6.45) is 9.82. The molecule has 174 valence electrons. The SMILES string of the molecule is C1=CCC(c2ccc(Nc3ccccc3)cc2)(N(c2ccccc2)c2cccc3ccccc23)C=C1. The summed E-state index contributed by atoms with van der Waals surface area (Å²) in [6.45, 7) is 0. The highest BCUT2D eigenvalue weighted by Gasteiger charge is 2.38. The zero-order valence-corrected chi connectivity index (χ0v) is 20.1. The van der Waals surface area contributed by atoms with Crippen molar-refractivity contribution in [1.82, 2.24) is 0 Å². The smallest absolute Gasteiger partial charge is 0.0923 e. The van der Waals surface area contributed by atoms with Crippen LogP contribution in [-0.2, 0) is 5.54 Å². The molecule has 6 rings (SSSR count). The van der Waals surface area contributed by atoms with Crippen molar-refractivity contribution in [1.29, 1.82) is 0 Å². The van der Waals surface area contributed by atoms with Crippen molar-refractivity contribution in [3.05, 3.63) is 157 Å². The van der Waals surface area contributed by atoms with E-state index in [-0.39, 0.29) is 5.54 Å². The van der Waals surface area contributed by atoms with Crippen LogP contribution in [0.2, 0.25) is 0 Å². The van der Waals surface area contributed by atoms with Crippen LogP contribution in [0.1, 0.15) is 12.0 Å². The average molecular weight is 465 g/mol. The lowest BCUT2D eigenvalue weighted by atomic mass is 9.80. The molecule has 0 amide bonds. The quantitative estimate of drug-likeness (QED) is 0.269. The first-order valence-corrected chi connectivity index (χ1v) is 12.4. The molecule has 36 heavy (non-hydrogen) atoms. The molecule has 1 unspecified atom stereocenters. The number of benzene rings is 5. The number of allylic oxidation sites excluding steroid dienone is 2. The summed E-state index contributed by atoms with van der Waals surface area (Å²) in [5.74, 6) is 0. The maximum absolute atomic E-state index is 3.52. The van der Waals surface area contributed by atoms with E-state index in [1.54, 1.807) is 0 Å². The topological polar surface area (TPSA) is 15.3 Å². The number of rotatable bonds is 6. The summed E-state index contributed by atoms with van der Waals surface area (Å²) in [4.78, 5) is 2.51. The second kappa shape index (κ2) is 9.59. The molecule has 0 radical (unpaired) electrons. The Morgan fingerprint density at radius 3 is 2.00 bits per heavy atom. The number of para-hydroxylation sites is 2. The highest BCUT2D eigenvalue weighted by atomic mass is 15.2. The fourth-order valence-corrected chi connectivity index (χ4v) is 5.21. The van der Waals surface area contributed by atoms with Crippen molar-refractivity contribution in [3.63, 3.8) is 0 Å². The summed E-state index contributed by atoms with van der Waals surface area (Å²) in [6, 6.07) is 45.2. The lowest BCUT2D eigenvalue weighted by molar-refractivity contribution is 0.548. The average Bonchev–Trinajstić information content (AvgIpc) is 2.95. The van der Waals surface area contributed by atoms with Crippen molar-refractivity contribution in [2.24, 2.45) is 0 Å². The van der Waals surface area contributed by atoms with Gasteiger partial charge in [0.05, 0.1) is 11.2 Å². The van der Waals surface area contributed by atoms with Crippen molar-refractivity contribution >= 4 is 33.5 Å². The molecule has 2 nitrogen and oxygen atoms in total. The minimum atomic E-state index is -0.370. The zero-order valence-electron chi connectivity index (χ0n) is 20.1. The van der Waals surface area contributed by atoms with Crippen molar-refractivity contribution in [3.8, 4) is 0 Å². The van der Waals surface area contributed by atoms with Gasteiger partial charge in [0, 0.05) is 22.4 Å². The van der Waals surface area contributed by atoms with Gasteiger partial charge in [-0.15, -0.1) is 0 Å². The third-order valence-corrected chi connectivity index (χ3v) is 6.92. The molecular formula is C34H28N2. The maximum Gasteiger partial charge on any atom is 0.0923 e. The highest BCUT2D eigenvalue weighted by Crippen LogP contribution is 2.46. The van der Waals surface area contributed by atoms with Gasteiger partial charge in [-0.25, -0.2) is 0 Å². The van der Waals surface area contributed by atoms with Crippen LogP contribution in [-0.4, -0.2) is 0 Å². The predicted octanol–water partition coefficient (Wildman–Crippen LogP) is 9.13. The molecule has 1 aliphatic carbocycles. The van der Waals surface area contributed by atoms with Crippen LogP contribution >= 0.6 is 0 Å². The molecule has 0 aliphatic heterocycles. The number of nitrogens with one attached hydrogen (secondary N) is 1. The van der Waals surface area contributed by atoms with Crippen molar-refractivity contribution < 1.29 is 0 Å². The van der Waals surface area contributed by atoms with Crippen LogP contribution in [0.3, 0.4) is 0 Å². The van der Waals surface area contributed by atoms with E-state index in [1.165, 1.54) is 27.7 Å². The van der Waals surface area contributed by atoms with Gasteiger partial charge < -0.3 is 10.2 Å². The third-order valence-electron chi connectivity index (χ3n) is 6.92. The monoisotopic (exact) mass is 464 g/mol. The van der Waals surface area contributed by atoms with E-state index < -0.39 is 0 Å². The summed E-state index contributed by atoms with van der Waals surface area (Å²) in [5.41, 5.74) is 5.41. The fraction of sp³-hybridized carbons (Fsp3) is 0.0588. The van der Waals surface area contributed by atoms with Crippen LogP contribution < -0.4 is 10.2 Å². The Morgan fingerprint density at radius 2 is 1.25 bits per heavy atom. The molecule has 0 aromatic heterocycles. The third kappa shape index (κ3) is 4.08. The van der Waals surface area contributed by atoms with Crippen molar-refractivity contribution in [2.75, 3.05) is 10.2 Å². The largest absolute Gasteiger partial charge is 0.356 e. The zero-order chi connectivity index (χ0) is 24.2. The maximum atomic E-state index is 3.52. The van der Waals surface area contributed by atoms with Crippen LogP contribution in [0.4, 0.5) is 22.7 Å². The highest BCUT2D eigenvalue weighted by molar-refractivity contribution is 5.97. The summed E-state index contributed by atoms with van der Waals surface area (Å²) >= 11 is 0. The summed E-state index contributed by atoms with van der Waals surface area (Å²) in [5, 5.41) is 6.00. The molecule has 0 heterocycles. The number of hydrogen-bond acceptors (Lipinski definition) is 2. The second-order valence-electron chi connectivity index (χ2n) is 9.15. The van der Waals surface area contributed by atoms with Gasteiger partial charge in [-0.1, -0.05) is 109 Å². The Bertz CT molecular complexity index is 1510. The molecule has 0 bridgehead atoms. The van der Waals surface area contributed by atoms with Gasteiger partial charge in [0.1, 0.15) is 0 Å². The standard InChI is InChI=1S/C34H28N2/c1-4-15-29(16-5-1)35-30-23-21-28(22-24-30)34(25-10-3-11-26-34)36(31-17-6-2-7-18-31)33-20-12-14-27-13-8-9-19-32(27)33/h1-25,35H,26H2. The molecule has 1 atom stereocenters. The Morgan fingerprint density at radius 1 is 0.583 bits per heavy atom. The lowest BCUT2D eigenvalue weighted by Crippen LogP contribution is -2.42. The van der Waals surface area contributed by atoms with Gasteiger partial charge in [-0.3, -0.25) is 0 Å². The van der Waals surface area contributed by atoms with Gasteiger partial charge in [0.15, 0.2) is 0 Å². The van der Waals surface area contributed by atoms with Gasteiger partial charge >= 0.3 is 0 Å². The fourth-order valence-electron chi connectivity index (χ4n) is 5.21. The van der Waals surface area contributed by atoms with E-state index in [1.807, 2.05) is 18.2 Å². The van der Waals surface area contributed by atoms with E-state index >= 15 is 0 Å². The molecule has 0 saturated heterocycles. The Kier molecular flexibility index (Phi) is 5.85. The molecule has 5 aromatic carbocycles. The van der Waals surface area contributed by atoms with Gasteiger partial charge in [0.2, 0.25) is 0 Å². The molecule has 2 heteroatoms. The number of hydrogen-bond donors (Lipinski definition) is 1. The van der Waals surface area contributed by atoms with Crippen LogP contribution in [0.15, 0.2) is 152 Å². The first-order valence-electron chi connectivity index (χ1n) is 12.4. The van der Waals surface area contributed by atoms with E-state index in [0.29, 0.717) is 0 Å². The van der Waals surface area contributed by atoms with Crippen LogP contribution in [0.5, 0.6) is 0 Å². The molecule has 5 aromatic rings. The van der Waals surface area contributed by atoms with Gasteiger partial charge in [-0.2, -0.15) is 0 Å². The Hall–Kier alpha value is -4.56. The summed E-state index contributed by atoms with van der Waals surface area (Å²) < 4.78 is 0. The normalized spacial score (nSPS) is 16.7. The minimum Gasteiger partial charge on any atom is -0.356 e. The number of anilines is 4. The van der Waals surface area contributed by atoms with E-state index in [9.17, 15) is 0 Å². The van der Waals surface area contributed by atoms with Gasteiger partial charge in [-0.05, 0) is 59.8 Å². The molecule has 0 fully saturated rings. The van der Waals surface area contributed by atoms with Gasteiger partial charge in [0.25, 0.3) is 0 Å². The first-order chi connectivity index (χ1) is 17.8. The van der Waals surface area contributed by atoms with Crippen LogP contribution in [0, 0.1) is 0 Å². The van der Waals surface area contributed by atoms with Crippen molar-refractivity contribution in [2.45, 2.75) is 12.0 Å². The second-order valence-corrected chi connectivity index (χ2v) is 9.15. The van der Waals surface area contributed by atoms with E-state index in [0.717, 1.165) is 17.8 Å². The Balaban J connectivity index is 1.51. The first kappa shape index (κ1) is 21.9. The van der Waals surface area contributed by atoms with E-state index in [2.05, 4.69) is 144 Å². The number of nitrogens with zero attached hydrogens (tertiary/aromatic N) is 1. The molecule has 0 spiro atoms. The molecule has 1 aliphatic rings.